The molecule has 1 atom stereocenters. The van der Waals surface area contributed by atoms with Gasteiger partial charge < -0.3 is 0 Å². The first kappa shape index (κ1) is 11.9. The van der Waals surface area contributed by atoms with Crippen LogP contribution in [0.2, 0.25) is 0 Å². The van der Waals surface area contributed by atoms with Crippen LogP contribution in [0.3, 0.4) is 0 Å². The third-order valence-electron chi connectivity index (χ3n) is 1.64. The quantitative estimate of drug-likeness (QED) is 0.503. The number of rotatable bonds is 1. The van der Waals surface area contributed by atoms with Gasteiger partial charge in [-0.1, -0.05) is 11.8 Å². The molecule has 1 aliphatic heterocycles. The summed E-state index contributed by atoms with van der Waals surface area (Å²) in [5, 5.41) is -4.37. The third kappa shape index (κ3) is 1.78. The number of hydrogen-bond acceptors (Lipinski definition) is 1. The standard InChI is InChI=1S/C5H2F8S/c6-3(7,8)1-2(4(9,10)11)5(12,13)14-2/h1H2. The lowest BCUT2D eigenvalue weighted by Gasteiger charge is -2.19. The molecule has 0 spiro atoms. The number of thioether (sulfide) groups is 1. The van der Waals surface area contributed by atoms with Crippen LogP contribution in [0.15, 0.2) is 0 Å². The SMILES string of the molecule is FC(F)(F)CC1(C(F)(F)F)SC1(F)F. The van der Waals surface area contributed by atoms with Crippen molar-refractivity contribution in [1.29, 1.82) is 0 Å². The fourth-order valence-electron chi connectivity index (χ4n) is 0.938. The van der Waals surface area contributed by atoms with Crippen molar-refractivity contribution in [1.82, 2.24) is 0 Å². The maximum atomic E-state index is 12.2. The first-order valence-corrected chi connectivity index (χ1v) is 3.94. The van der Waals surface area contributed by atoms with Gasteiger partial charge in [0, 0.05) is 0 Å². The second-order valence-electron chi connectivity index (χ2n) is 2.74. The minimum Gasteiger partial charge on any atom is -0.192 e. The summed E-state index contributed by atoms with van der Waals surface area (Å²) < 4.78 is 91.1. The third-order valence-corrected chi connectivity index (χ3v) is 3.02. The molecule has 1 heterocycles. The average Bonchev–Trinajstić information content (AvgIpc) is 2.27. The van der Waals surface area contributed by atoms with Crippen molar-refractivity contribution < 1.29 is 35.1 Å². The molecule has 0 saturated carbocycles. The van der Waals surface area contributed by atoms with Crippen LogP contribution in [0.1, 0.15) is 6.42 Å². The Morgan fingerprint density at radius 1 is 0.929 bits per heavy atom. The van der Waals surface area contributed by atoms with E-state index in [-0.39, 0.29) is 0 Å². The van der Waals surface area contributed by atoms with Crippen molar-refractivity contribution in [2.45, 2.75) is 28.8 Å². The Hall–Kier alpha value is -0.210. The van der Waals surface area contributed by atoms with Crippen LogP contribution in [-0.4, -0.2) is 22.4 Å². The van der Waals surface area contributed by atoms with Gasteiger partial charge in [0.1, 0.15) is 0 Å². The Bertz CT molecular complexity index is 239. The van der Waals surface area contributed by atoms with Crippen molar-refractivity contribution >= 4 is 11.8 Å². The van der Waals surface area contributed by atoms with Gasteiger partial charge in [-0.05, 0) is 0 Å². The van der Waals surface area contributed by atoms with Gasteiger partial charge >= 0.3 is 17.6 Å². The van der Waals surface area contributed by atoms with Crippen LogP contribution in [0.5, 0.6) is 0 Å². The van der Waals surface area contributed by atoms with Crippen LogP contribution < -0.4 is 0 Å². The van der Waals surface area contributed by atoms with Crippen molar-refractivity contribution in [3.63, 3.8) is 0 Å². The van der Waals surface area contributed by atoms with Crippen LogP contribution >= 0.6 is 11.8 Å². The van der Waals surface area contributed by atoms with E-state index in [1.807, 2.05) is 0 Å². The van der Waals surface area contributed by atoms with E-state index < -0.39 is 40.5 Å². The molecule has 0 N–H and O–H groups in total. The summed E-state index contributed by atoms with van der Waals surface area (Å²) in [6.45, 7) is 0. The molecule has 1 aliphatic rings. The Morgan fingerprint density at radius 2 is 1.29 bits per heavy atom. The normalized spacial score (nSPS) is 31.7. The van der Waals surface area contributed by atoms with E-state index in [0.717, 1.165) is 0 Å². The molecule has 84 valence electrons. The summed E-state index contributed by atoms with van der Waals surface area (Å²) in [6, 6.07) is 0. The van der Waals surface area contributed by atoms with Crippen LogP contribution in [0.4, 0.5) is 35.1 Å². The zero-order chi connectivity index (χ0) is 11.4. The number of alkyl halides is 8. The lowest BCUT2D eigenvalue weighted by molar-refractivity contribution is -0.217. The highest BCUT2D eigenvalue weighted by molar-refractivity contribution is 8.09. The van der Waals surface area contributed by atoms with E-state index >= 15 is 0 Å². The van der Waals surface area contributed by atoms with Crippen molar-refractivity contribution in [2.24, 2.45) is 0 Å². The molecule has 14 heavy (non-hydrogen) atoms. The van der Waals surface area contributed by atoms with E-state index in [0.29, 0.717) is 0 Å². The molecule has 0 aromatic rings. The van der Waals surface area contributed by atoms with Gasteiger partial charge in [-0.2, -0.15) is 35.1 Å². The fraction of sp³-hybridized carbons (Fsp3) is 1.00. The maximum absolute atomic E-state index is 12.2. The summed E-state index contributed by atoms with van der Waals surface area (Å²) in [6.07, 6.45) is -13.4. The molecule has 0 aliphatic carbocycles. The summed E-state index contributed by atoms with van der Waals surface area (Å²) in [5.41, 5.74) is 0. The van der Waals surface area contributed by atoms with E-state index in [4.69, 9.17) is 0 Å². The zero-order valence-corrected chi connectivity index (χ0v) is 6.96. The topological polar surface area (TPSA) is 0 Å². The molecule has 1 unspecified atom stereocenters. The molecular formula is C5H2F8S. The molecule has 9 heteroatoms. The largest absolute Gasteiger partial charge is 0.410 e. The predicted molar refractivity (Wildman–Crippen MR) is 32.0 cm³/mol. The smallest absolute Gasteiger partial charge is 0.192 e. The molecule has 0 aromatic carbocycles. The van der Waals surface area contributed by atoms with Gasteiger partial charge in [-0.3, -0.25) is 0 Å². The van der Waals surface area contributed by atoms with Crippen LogP contribution in [0.25, 0.3) is 0 Å². The van der Waals surface area contributed by atoms with Crippen LogP contribution in [-0.2, 0) is 0 Å². The summed E-state index contributed by atoms with van der Waals surface area (Å²) in [5.74, 6) is 0. The van der Waals surface area contributed by atoms with Crippen molar-refractivity contribution in [3.8, 4) is 0 Å². The second kappa shape index (κ2) is 2.67. The highest BCUT2D eigenvalue weighted by Gasteiger charge is 2.87. The minimum atomic E-state index is -5.56. The molecule has 0 radical (unpaired) electrons. The monoisotopic (exact) mass is 246 g/mol. The van der Waals surface area contributed by atoms with Gasteiger partial charge in [0.25, 0.3) is 0 Å². The van der Waals surface area contributed by atoms with Crippen molar-refractivity contribution in [3.05, 3.63) is 0 Å². The van der Waals surface area contributed by atoms with Crippen LogP contribution in [0, 0.1) is 0 Å². The van der Waals surface area contributed by atoms with Gasteiger partial charge in [-0.25, -0.2) is 0 Å². The lowest BCUT2D eigenvalue weighted by atomic mass is 10.1. The Labute approximate surface area is 76.6 Å². The molecule has 0 bridgehead atoms. The van der Waals surface area contributed by atoms with E-state index in [1.165, 1.54) is 0 Å². The van der Waals surface area contributed by atoms with Gasteiger partial charge in [0.15, 0.2) is 4.75 Å². The van der Waals surface area contributed by atoms with Gasteiger partial charge in [0.05, 0.1) is 6.42 Å². The lowest BCUT2D eigenvalue weighted by Crippen LogP contribution is -2.40. The van der Waals surface area contributed by atoms with E-state index in [1.54, 1.807) is 0 Å². The second-order valence-corrected chi connectivity index (χ2v) is 4.15. The zero-order valence-electron chi connectivity index (χ0n) is 6.14. The fourth-order valence-corrected chi connectivity index (χ4v) is 1.86. The Kier molecular flexibility index (Phi) is 2.26. The first-order chi connectivity index (χ1) is 5.91. The summed E-state index contributed by atoms with van der Waals surface area (Å²) in [4.78, 5) is 0. The summed E-state index contributed by atoms with van der Waals surface area (Å²) >= 11 is -1.00. The molecule has 0 aromatic heterocycles. The minimum absolute atomic E-state index is 1.00. The van der Waals surface area contributed by atoms with Gasteiger partial charge in [0.2, 0.25) is 0 Å². The van der Waals surface area contributed by atoms with E-state index in [2.05, 4.69) is 0 Å². The first-order valence-electron chi connectivity index (χ1n) is 3.13. The molecule has 1 rings (SSSR count). The van der Waals surface area contributed by atoms with Crippen molar-refractivity contribution in [2.75, 3.05) is 0 Å². The highest BCUT2D eigenvalue weighted by atomic mass is 32.2. The molecule has 0 nitrogen and oxygen atoms in total. The average molecular weight is 246 g/mol. The molecule has 0 amide bonds. The highest BCUT2D eigenvalue weighted by Crippen LogP contribution is 2.75. The molecule has 1 fully saturated rings. The Balaban J connectivity index is 2.90. The number of halogens is 8. The maximum Gasteiger partial charge on any atom is 0.410 e. The predicted octanol–water partition coefficient (Wildman–Crippen LogP) is 3.58. The van der Waals surface area contributed by atoms with Gasteiger partial charge in [-0.15, -0.1) is 0 Å². The number of hydrogen-bond donors (Lipinski definition) is 0. The summed E-state index contributed by atoms with van der Waals surface area (Å²) in [7, 11) is 0. The molecular weight excluding hydrogens is 244 g/mol. The van der Waals surface area contributed by atoms with E-state index in [9.17, 15) is 35.1 Å². The Morgan fingerprint density at radius 3 is 1.36 bits per heavy atom. The molecule has 1 saturated heterocycles.